The molecule has 3 atom stereocenters. The van der Waals surface area contributed by atoms with Crippen LogP contribution < -0.4 is 10.2 Å². The molecular weight excluding hydrogens is 232 g/mol. The van der Waals surface area contributed by atoms with Gasteiger partial charge in [-0.25, -0.2) is 0 Å². The number of nitrogens with one attached hydrogen (secondary N) is 1. The highest BCUT2D eigenvalue weighted by Crippen LogP contribution is 2.29. The van der Waals surface area contributed by atoms with Gasteiger partial charge in [0.25, 0.3) is 0 Å². The quantitative estimate of drug-likeness (QED) is 0.892. The molecule has 1 fully saturated rings. The van der Waals surface area contributed by atoms with Crippen LogP contribution in [0.4, 0.5) is 5.69 Å². The molecule has 1 N–H and O–H groups in total. The molecule has 0 radical (unpaired) electrons. The summed E-state index contributed by atoms with van der Waals surface area (Å²) in [5.74, 6) is 0.694. The molecule has 1 aromatic rings. The van der Waals surface area contributed by atoms with E-state index in [9.17, 15) is 0 Å². The molecule has 1 aliphatic rings. The molecule has 0 saturated carbocycles. The van der Waals surface area contributed by atoms with Crippen molar-refractivity contribution >= 4 is 5.69 Å². The van der Waals surface area contributed by atoms with Crippen LogP contribution in [0.1, 0.15) is 39.7 Å². The van der Waals surface area contributed by atoms with Gasteiger partial charge in [-0.2, -0.15) is 0 Å². The Balaban J connectivity index is 2.13. The minimum Gasteiger partial charge on any atom is -0.368 e. The van der Waals surface area contributed by atoms with Gasteiger partial charge in [-0.3, -0.25) is 0 Å². The summed E-state index contributed by atoms with van der Waals surface area (Å²) >= 11 is 0. The van der Waals surface area contributed by atoms with Gasteiger partial charge in [-0.1, -0.05) is 32.9 Å². The van der Waals surface area contributed by atoms with E-state index in [2.05, 4.69) is 62.2 Å². The van der Waals surface area contributed by atoms with E-state index in [0.29, 0.717) is 18.0 Å². The topological polar surface area (TPSA) is 15.3 Å². The van der Waals surface area contributed by atoms with Gasteiger partial charge in [-0.15, -0.1) is 0 Å². The first-order valence-corrected chi connectivity index (χ1v) is 7.76. The second kappa shape index (κ2) is 6.42. The first kappa shape index (κ1) is 14.4. The van der Waals surface area contributed by atoms with Crippen LogP contribution in [0.15, 0.2) is 24.3 Å². The number of piperidine rings is 1. The normalized spacial score (nSPS) is 27.6. The van der Waals surface area contributed by atoms with Crippen LogP contribution in [0, 0.1) is 5.92 Å². The minimum atomic E-state index is 0.602. The van der Waals surface area contributed by atoms with Gasteiger partial charge in [-0.05, 0) is 49.9 Å². The van der Waals surface area contributed by atoms with Crippen LogP contribution in [0.5, 0.6) is 0 Å². The smallest absolute Gasteiger partial charge is 0.0371 e. The third-order valence-electron chi connectivity index (χ3n) is 4.68. The molecule has 3 unspecified atom stereocenters. The maximum atomic E-state index is 3.63. The van der Waals surface area contributed by atoms with Crippen LogP contribution in [-0.2, 0) is 6.42 Å². The van der Waals surface area contributed by atoms with Crippen molar-refractivity contribution in [3.63, 3.8) is 0 Å². The highest BCUT2D eigenvalue weighted by Gasteiger charge is 2.31. The first-order chi connectivity index (χ1) is 9.17. The molecule has 19 heavy (non-hydrogen) atoms. The molecule has 1 aliphatic heterocycles. The maximum absolute atomic E-state index is 3.63. The highest BCUT2D eigenvalue weighted by molar-refractivity contribution is 5.50. The van der Waals surface area contributed by atoms with Crippen LogP contribution in [-0.4, -0.2) is 25.2 Å². The Labute approximate surface area is 118 Å². The van der Waals surface area contributed by atoms with E-state index in [4.69, 9.17) is 0 Å². The fourth-order valence-corrected chi connectivity index (χ4v) is 3.23. The number of hydrogen-bond acceptors (Lipinski definition) is 2. The summed E-state index contributed by atoms with van der Waals surface area (Å²) in [5, 5.41) is 3.63. The Morgan fingerprint density at radius 3 is 2.74 bits per heavy atom. The molecular formula is C17H28N2. The van der Waals surface area contributed by atoms with Crippen LogP contribution in [0.3, 0.4) is 0 Å². The summed E-state index contributed by atoms with van der Waals surface area (Å²) in [6.07, 6.45) is 2.36. The number of benzene rings is 1. The summed E-state index contributed by atoms with van der Waals surface area (Å²) in [5.41, 5.74) is 2.83. The third kappa shape index (κ3) is 3.11. The van der Waals surface area contributed by atoms with Gasteiger partial charge in [0.1, 0.15) is 0 Å². The first-order valence-electron chi connectivity index (χ1n) is 7.76. The van der Waals surface area contributed by atoms with Crippen molar-refractivity contribution in [1.29, 1.82) is 0 Å². The molecule has 0 bridgehead atoms. The Morgan fingerprint density at radius 1 is 1.26 bits per heavy atom. The zero-order valence-corrected chi connectivity index (χ0v) is 12.8. The van der Waals surface area contributed by atoms with E-state index in [1.54, 1.807) is 0 Å². The standard InChI is InChI=1S/C17H28N2/c1-5-15-8-7-9-16(12-15)19-11-10-17(18-6-2)13(3)14(19)4/h7-9,12-14,17-18H,5-6,10-11H2,1-4H3. The Hall–Kier alpha value is -1.02. The summed E-state index contributed by atoms with van der Waals surface area (Å²) < 4.78 is 0. The van der Waals surface area contributed by atoms with Crippen molar-refractivity contribution in [1.82, 2.24) is 5.32 Å². The average Bonchev–Trinajstić information content (AvgIpc) is 2.44. The largest absolute Gasteiger partial charge is 0.368 e. The fraction of sp³-hybridized carbons (Fsp3) is 0.647. The van der Waals surface area contributed by atoms with Crippen LogP contribution >= 0.6 is 0 Å². The molecule has 0 aromatic heterocycles. The van der Waals surface area contributed by atoms with E-state index >= 15 is 0 Å². The average molecular weight is 260 g/mol. The Morgan fingerprint density at radius 2 is 2.05 bits per heavy atom. The van der Waals surface area contributed by atoms with Gasteiger partial charge < -0.3 is 10.2 Å². The number of anilines is 1. The van der Waals surface area contributed by atoms with E-state index < -0.39 is 0 Å². The van der Waals surface area contributed by atoms with Crippen molar-refractivity contribution in [2.45, 2.75) is 52.6 Å². The Bertz CT molecular complexity index is 402. The molecule has 2 nitrogen and oxygen atoms in total. The lowest BCUT2D eigenvalue weighted by molar-refractivity contribution is 0.274. The van der Waals surface area contributed by atoms with Crippen molar-refractivity contribution < 1.29 is 0 Å². The summed E-state index contributed by atoms with van der Waals surface area (Å²) in [6, 6.07) is 10.3. The molecule has 2 heteroatoms. The monoisotopic (exact) mass is 260 g/mol. The lowest BCUT2D eigenvalue weighted by Crippen LogP contribution is -2.53. The molecule has 0 aliphatic carbocycles. The SMILES string of the molecule is CCNC1CCN(c2cccc(CC)c2)C(C)C1C. The van der Waals surface area contributed by atoms with Gasteiger partial charge in [0.05, 0.1) is 0 Å². The van der Waals surface area contributed by atoms with E-state index in [1.807, 2.05) is 0 Å². The van der Waals surface area contributed by atoms with Crippen LogP contribution in [0.2, 0.25) is 0 Å². The van der Waals surface area contributed by atoms with Crippen molar-refractivity contribution in [3.05, 3.63) is 29.8 Å². The van der Waals surface area contributed by atoms with Gasteiger partial charge >= 0.3 is 0 Å². The van der Waals surface area contributed by atoms with Crippen molar-refractivity contribution in [2.24, 2.45) is 5.92 Å². The summed E-state index contributed by atoms with van der Waals surface area (Å²) in [7, 11) is 0. The Kier molecular flexibility index (Phi) is 4.87. The number of hydrogen-bond donors (Lipinski definition) is 1. The molecule has 2 rings (SSSR count). The molecule has 0 amide bonds. The maximum Gasteiger partial charge on any atom is 0.0371 e. The molecule has 106 valence electrons. The lowest BCUT2D eigenvalue weighted by atomic mass is 9.86. The summed E-state index contributed by atoms with van der Waals surface area (Å²) in [6.45, 7) is 11.4. The second-order valence-corrected chi connectivity index (χ2v) is 5.77. The molecule has 1 aromatic carbocycles. The van der Waals surface area contributed by atoms with Crippen molar-refractivity contribution in [3.8, 4) is 0 Å². The number of nitrogens with zero attached hydrogens (tertiary/aromatic N) is 1. The molecule has 1 saturated heterocycles. The van der Waals surface area contributed by atoms with E-state index in [0.717, 1.165) is 19.5 Å². The minimum absolute atomic E-state index is 0.602. The molecule has 0 spiro atoms. The van der Waals surface area contributed by atoms with Gasteiger partial charge in [0, 0.05) is 24.3 Å². The van der Waals surface area contributed by atoms with E-state index in [-0.39, 0.29) is 0 Å². The van der Waals surface area contributed by atoms with Crippen molar-refractivity contribution in [2.75, 3.05) is 18.0 Å². The van der Waals surface area contributed by atoms with Crippen LogP contribution in [0.25, 0.3) is 0 Å². The zero-order chi connectivity index (χ0) is 13.8. The fourth-order valence-electron chi connectivity index (χ4n) is 3.23. The number of aryl methyl sites for hydroxylation is 1. The second-order valence-electron chi connectivity index (χ2n) is 5.77. The summed E-state index contributed by atoms with van der Waals surface area (Å²) in [4.78, 5) is 2.58. The zero-order valence-electron chi connectivity index (χ0n) is 12.8. The lowest BCUT2D eigenvalue weighted by Gasteiger charge is -2.44. The van der Waals surface area contributed by atoms with Gasteiger partial charge in [0.2, 0.25) is 0 Å². The van der Waals surface area contributed by atoms with E-state index in [1.165, 1.54) is 17.7 Å². The number of rotatable bonds is 4. The highest BCUT2D eigenvalue weighted by atomic mass is 15.2. The predicted molar refractivity (Wildman–Crippen MR) is 83.9 cm³/mol. The third-order valence-corrected chi connectivity index (χ3v) is 4.68. The molecule has 1 heterocycles. The van der Waals surface area contributed by atoms with Gasteiger partial charge in [0.15, 0.2) is 0 Å². The predicted octanol–water partition coefficient (Wildman–Crippen LogP) is 3.46.